The molecule has 126 valence electrons. The van der Waals surface area contributed by atoms with Crippen LogP contribution in [0.25, 0.3) is 0 Å². The van der Waals surface area contributed by atoms with Crippen LogP contribution < -0.4 is 15.8 Å². The quantitative estimate of drug-likeness (QED) is 0.889. The molecule has 3 rings (SSSR count). The van der Waals surface area contributed by atoms with Gasteiger partial charge in [0.2, 0.25) is 5.91 Å². The van der Waals surface area contributed by atoms with Crippen molar-refractivity contribution in [3.8, 4) is 11.5 Å². The fraction of sp³-hybridized carbons (Fsp3) is 0.316. The molecular formula is C19H21FN2O2. The largest absolute Gasteiger partial charge is 0.455 e. The number of rotatable bonds is 4. The molecule has 1 amide bonds. The van der Waals surface area contributed by atoms with Crippen molar-refractivity contribution in [2.24, 2.45) is 11.7 Å². The minimum Gasteiger partial charge on any atom is -0.455 e. The number of anilines is 1. The smallest absolute Gasteiger partial charge is 0.227 e. The molecule has 5 heteroatoms. The van der Waals surface area contributed by atoms with E-state index in [9.17, 15) is 9.18 Å². The van der Waals surface area contributed by atoms with Crippen LogP contribution in [0.15, 0.2) is 48.5 Å². The van der Waals surface area contributed by atoms with E-state index in [-0.39, 0.29) is 17.9 Å². The summed E-state index contributed by atoms with van der Waals surface area (Å²) in [6.45, 7) is 0. The summed E-state index contributed by atoms with van der Waals surface area (Å²) in [6, 6.07) is 13.3. The molecule has 0 saturated heterocycles. The van der Waals surface area contributed by atoms with Crippen molar-refractivity contribution < 1.29 is 13.9 Å². The zero-order valence-electron chi connectivity index (χ0n) is 13.4. The molecule has 0 spiro atoms. The molecule has 3 N–H and O–H groups in total. The average Bonchev–Trinajstić information content (AvgIpc) is 2.58. The predicted molar refractivity (Wildman–Crippen MR) is 91.5 cm³/mol. The van der Waals surface area contributed by atoms with Gasteiger partial charge in [-0.05, 0) is 43.5 Å². The Morgan fingerprint density at radius 1 is 1.17 bits per heavy atom. The second-order valence-corrected chi connectivity index (χ2v) is 6.17. The maximum Gasteiger partial charge on any atom is 0.227 e. The number of ether oxygens (including phenoxy) is 1. The second kappa shape index (κ2) is 7.45. The molecule has 0 bridgehead atoms. The number of carbonyl (C=O) groups excluding carboxylic acids is 1. The maximum atomic E-state index is 13.6. The van der Waals surface area contributed by atoms with Crippen molar-refractivity contribution in [2.45, 2.75) is 31.7 Å². The number of benzene rings is 2. The van der Waals surface area contributed by atoms with Crippen molar-refractivity contribution in [2.75, 3.05) is 5.32 Å². The van der Waals surface area contributed by atoms with Crippen molar-refractivity contribution in [3.05, 3.63) is 54.3 Å². The van der Waals surface area contributed by atoms with E-state index in [1.54, 1.807) is 12.1 Å². The molecule has 1 fully saturated rings. The molecule has 24 heavy (non-hydrogen) atoms. The van der Waals surface area contributed by atoms with Crippen LogP contribution in [0.2, 0.25) is 0 Å². The number of hydrogen-bond acceptors (Lipinski definition) is 3. The summed E-state index contributed by atoms with van der Waals surface area (Å²) in [7, 11) is 0. The van der Waals surface area contributed by atoms with E-state index in [1.807, 2.05) is 18.2 Å². The molecule has 2 aromatic rings. The summed E-state index contributed by atoms with van der Waals surface area (Å²) >= 11 is 0. The highest BCUT2D eigenvalue weighted by Gasteiger charge is 2.26. The van der Waals surface area contributed by atoms with Crippen LogP contribution in [-0.4, -0.2) is 11.9 Å². The third kappa shape index (κ3) is 4.11. The summed E-state index contributed by atoms with van der Waals surface area (Å²) in [5.41, 5.74) is 6.28. The van der Waals surface area contributed by atoms with Crippen LogP contribution in [0.3, 0.4) is 0 Å². The first-order chi connectivity index (χ1) is 11.6. The number of para-hydroxylation sites is 1. The fourth-order valence-electron chi connectivity index (χ4n) is 3.00. The molecule has 4 nitrogen and oxygen atoms in total. The zero-order chi connectivity index (χ0) is 16.9. The monoisotopic (exact) mass is 328 g/mol. The average molecular weight is 328 g/mol. The zero-order valence-corrected chi connectivity index (χ0v) is 13.4. The Morgan fingerprint density at radius 2 is 1.96 bits per heavy atom. The number of nitrogens with two attached hydrogens (primary N) is 1. The fourth-order valence-corrected chi connectivity index (χ4v) is 3.00. The highest BCUT2D eigenvalue weighted by molar-refractivity contribution is 5.94. The lowest BCUT2D eigenvalue weighted by atomic mass is 9.85. The van der Waals surface area contributed by atoms with Crippen molar-refractivity contribution in [1.82, 2.24) is 0 Å². The number of nitrogens with one attached hydrogen (secondary N) is 1. The Balaban J connectivity index is 1.76. The topological polar surface area (TPSA) is 64.4 Å². The van der Waals surface area contributed by atoms with E-state index in [0.717, 1.165) is 19.3 Å². The molecule has 2 unspecified atom stereocenters. The Kier molecular flexibility index (Phi) is 5.11. The van der Waals surface area contributed by atoms with Crippen LogP contribution in [0.5, 0.6) is 11.5 Å². The standard InChI is InChI=1S/C19H21FN2O2/c20-14-9-10-18(24-16-7-2-1-3-8-16)17(12-14)22-19(23)13-5-4-6-15(21)11-13/h1-3,7-10,12-13,15H,4-6,11,21H2,(H,22,23). The number of carbonyl (C=O) groups is 1. The number of hydrogen-bond donors (Lipinski definition) is 2. The molecule has 0 aromatic heterocycles. The lowest BCUT2D eigenvalue weighted by molar-refractivity contribution is -0.120. The molecule has 1 saturated carbocycles. The minimum atomic E-state index is -0.425. The Bertz CT molecular complexity index is 706. The highest BCUT2D eigenvalue weighted by Crippen LogP contribution is 2.32. The van der Waals surface area contributed by atoms with Gasteiger partial charge in [0.15, 0.2) is 5.75 Å². The van der Waals surface area contributed by atoms with Gasteiger partial charge in [-0.25, -0.2) is 4.39 Å². The van der Waals surface area contributed by atoms with E-state index < -0.39 is 5.82 Å². The number of amides is 1. The van der Waals surface area contributed by atoms with Crippen LogP contribution >= 0.6 is 0 Å². The van der Waals surface area contributed by atoms with Gasteiger partial charge in [-0.1, -0.05) is 24.6 Å². The van der Waals surface area contributed by atoms with Gasteiger partial charge in [0.1, 0.15) is 11.6 Å². The number of halogens is 1. The van der Waals surface area contributed by atoms with Crippen molar-refractivity contribution in [3.63, 3.8) is 0 Å². The summed E-state index contributed by atoms with van der Waals surface area (Å²) in [5.74, 6) is 0.344. The molecule has 2 aromatic carbocycles. The van der Waals surface area contributed by atoms with Crippen LogP contribution in [0.1, 0.15) is 25.7 Å². The van der Waals surface area contributed by atoms with E-state index >= 15 is 0 Å². The minimum absolute atomic E-state index is 0.0575. The van der Waals surface area contributed by atoms with Crippen molar-refractivity contribution >= 4 is 11.6 Å². The van der Waals surface area contributed by atoms with Gasteiger partial charge in [0.05, 0.1) is 5.69 Å². The second-order valence-electron chi connectivity index (χ2n) is 6.17. The van der Waals surface area contributed by atoms with Gasteiger partial charge in [-0.3, -0.25) is 4.79 Å². The lowest BCUT2D eigenvalue weighted by Crippen LogP contribution is -2.34. The SMILES string of the molecule is NC1CCCC(C(=O)Nc2cc(F)ccc2Oc2ccccc2)C1. The third-order valence-corrected chi connectivity index (χ3v) is 4.26. The van der Waals surface area contributed by atoms with E-state index in [2.05, 4.69) is 5.32 Å². The first-order valence-corrected chi connectivity index (χ1v) is 8.21. The maximum absolute atomic E-state index is 13.6. The molecule has 1 aliphatic carbocycles. The Morgan fingerprint density at radius 3 is 2.71 bits per heavy atom. The van der Waals surface area contributed by atoms with Crippen molar-refractivity contribution in [1.29, 1.82) is 0 Å². The molecule has 0 aliphatic heterocycles. The van der Waals surface area contributed by atoms with Gasteiger partial charge >= 0.3 is 0 Å². The summed E-state index contributed by atoms with van der Waals surface area (Å²) in [6.07, 6.45) is 3.36. The van der Waals surface area contributed by atoms with Crippen LogP contribution in [0.4, 0.5) is 10.1 Å². The molecule has 0 radical (unpaired) electrons. The molecular weight excluding hydrogens is 307 g/mol. The van der Waals surface area contributed by atoms with Gasteiger partial charge in [-0.15, -0.1) is 0 Å². The van der Waals surface area contributed by atoms with Gasteiger partial charge in [0.25, 0.3) is 0 Å². The summed E-state index contributed by atoms with van der Waals surface area (Å²) in [4.78, 5) is 12.5. The van der Waals surface area contributed by atoms with E-state index in [4.69, 9.17) is 10.5 Å². The molecule has 1 aliphatic rings. The van der Waals surface area contributed by atoms with Crippen LogP contribution in [-0.2, 0) is 4.79 Å². The van der Waals surface area contributed by atoms with E-state index in [0.29, 0.717) is 23.6 Å². The molecule has 0 heterocycles. The summed E-state index contributed by atoms with van der Waals surface area (Å²) < 4.78 is 19.4. The van der Waals surface area contributed by atoms with Gasteiger partial charge < -0.3 is 15.8 Å². The molecule has 2 atom stereocenters. The first kappa shape index (κ1) is 16.5. The Hall–Kier alpha value is -2.40. The summed E-state index contributed by atoms with van der Waals surface area (Å²) in [5, 5.41) is 2.80. The first-order valence-electron chi connectivity index (χ1n) is 8.21. The predicted octanol–water partition coefficient (Wildman–Crippen LogP) is 4.07. The van der Waals surface area contributed by atoms with E-state index in [1.165, 1.54) is 18.2 Å². The van der Waals surface area contributed by atoms with Gasteiger partial charge in [0, 0.05) is 18.0 Å². The third-order valence-electron chi connectivity index (χ3n) is 4.26. The van der Waals surface area contributed by atoms with Gasteiger partial charge in [-0.2, -0.15) is 0 Å². The highest BCUT2D eigenvalue weighted by atomic mass is 19.1. The van der Waals surface area contributed by atoms with Crippen LogP contribution in [0, 0.1) is 11.7 Å². The lowest BCUT2D eigenvalue weighted by Gasteiger charge is -2.26. The normalized spacial score (nSPS) is 20.4. The Labute approximate surface area is 140 Å².